The maximum Gasteiger partial charge on any atom is 0.252 e. The molecule has 0 unspecified atom stereocenters. The lowest BCUT2D eigenvalue weighted by atomic mass is 10.1. The summed E-state index contributed by atoms with van der Waals surface area (Å²) < 4.78 is 5.16. The number of methoxy groups -OCH3 is 1. The van der Waals surface area contributed by atoms with E-state index in [1.165, 1.54) is 0 Å². The summed E-state index contributed by atoms with van der Waals surface area (Å²) in [7, 11) is 1.64. The number of benzene rings is 2. The first-order valence-corrected chi connectivity index (χ1v) is 6.74. The molecule has 3 nitrogen and oxygen atoms in total. The molecule has 0 aliphatic rings. The summed E-state index contributed by atoms with van der Waals surface area (Å²) >= 11 is 5.98. The number of ether oxygens (including phenoxy) is 1. The molecule has 0 fully saturated rings. The maximum absolute atomic E-state index is 12.0. The number of carbonyl (C=O) groups excluding carboxylic acids is 1. The fraction of sp³-hybridized carbons (Fsp3) is 0.188. The zero-order valence-electron chi connectivity index (χ0n) is 11.2. The van der Waals surface area contributed by atoms with Crippen molar-refractivity contribution in [3.63, 3.8) is 0 Å². The minimum Gasteiger partial charge on any atom is -0.497 e. The highest BCUT2D eigenvalue weighted by Crippen LogP contribution is 2.15. The second kappa shape index (κ2) is 6.96. The average molecular weight is 290 g/mol. The van der Waals surface area contributed by atoms with Gasteiger partial charge < -0.3 is 10.1 Å². The Kier molecular flexibility index (Phi) is 5.02. The van der Waals surface area contributed by atoms with E-state index in [9.17, 15) is 4.79 Å². The molecule has 104 valence electrons. The summed E-state index contributed by atoms with van der Waals surface area (Å²) in [4.78, 5) is 12.0. The number of rotatable bonds is 5. The quantitative estimate of drug-likeness (QED) is 0.917. The highest BCUT2D eigenvalue weighted by molar-refractivity contribution is 6.33. The molecule has 0 radical (unpaired) electrons. The van der Waals surface area contributed by atoms with Crippen LogP contribution in [0.25, 0.3) is 0 Å². The van der Waals surface area contributed by atoms with Crippen molar-refractivity contribution in [2.45, 2.75) is 6.42 Å². The van der Waals surface area contributed by atoms with Crippen molar-refractivity contribution < 1.29 is 9.53 Å². The molecule has 0 aliphatic heterocycles. The van der Waals surface area contributed by atoms with Crippen molar-refractivity contribution in [2.24, 2.45) is 0 Å². The molecule has 0 saturated heterocycles. The lowest BCUT2D eigenvalue weighted by Gasteiger charge is -2.07. The predicted molar refractivity (Wildman–Crippen MR) is 80.5 cm³/mol. The van der Waals surface area contributed by atoms with E-state index in [0.717, 1.165) is 17.7 Å². The third-order valence-electron chi connectivity index (χ3n) is 2.95. The molecular weight excluding hydrogens is 274 g/mol. The average Bonchev–Trinajstić information content (AvgIpc) is 2.48. The molecule has 20 heavy (non-hydrogen) atoms. The van der Waals surface area contributed by atoms with Gasteiger partial charge >= 0.3 is 0 Å². The molecular formula is C16H16ClNO2. The molecule has 1 N–H and O–H groups in total. The number of halogens is 1. The highest BCUT2D eigenvalue weighted by Gasteiger charge is 2.08. The smallest absolute Gasteiger partial charge is 0.252 e. The van der Waals surface area contributed by atoms with E-state index in [-0.39, 0.29) is 5.91 Å². The van der Waals surface area contributed by atoms with Crippen LogP contribution in [0.2, 0.25) is 5.02 Å². The van der Waals surface area contributed by atoms with Crippen molar-refractivity contribution in [1.29, 1.82) is 0 Å². The van der Waals surface area contributed by atoms with Gasteiger partial charge in [0.15, 0.2) is 0 Å². The van der Waals surface area contributed by atoms with Gasteiger partial charge in [-0.15, -0.1) is 0 Å². The summed E-state index contributed by atoms with van der Waals surface area (Å²) in [6, 6.07) is 14.8. The highest BCUT2D eigenvalue weighted by atomic mass is 35.5. The molecule has 0 aromatic heterocycles. The van der Waals surface area contributed by atoms with Crippen LogP contribution in [-0.4, -0.2) is 19.6 Å². The molecule has 2 aromatic carbocycles. The van der Waals surface area contributed by atoms with Gasteiger partial charge in [-0.25, -0.2) is 0 Å². The Hall–Kier alpha value is -2.00. The second-order valence-electron chi connectivity index (χ2n) is 4.34. The monoisotopic (exact) mass is 289 g/mol. The van der Waals surface area contributed by atoms with Crippen LogP contribution in [0.4, 0.5) is 0 Å². The van der Waals surface area contributed by atoms with Gasteiger partial charge in [-0.2, -0.15) is 0 Å². The summed E-state index contributed by atoms with van der Waals surface area (Å²) in [5, 5.41) is 3.33. The molecule has 0 heterocycles. The third kappa shape index (κ3) is 3.75. The molecule has 0 bridgehead atoms. The summed E-state index contributed by atoms with van der Waals surface area (Å²) in [5.74, 6) is 0.665. The van der Waals surface area contributed by atoms with Gasteiger partial charge in [0.05, 0.1) is 17.7 Å². The van der Waals surface area contributed by atoms with Crippen LogP contribution in [-0.2, 0) is 6.42 Å². The van der Waals surface area contributed by atoms with Crippen molar-refractivity contribution in [2.75, 3.05) is 13.7 Å². The van der Waals surface area contributed by atoms with Crippen molar-refractivity contribution >= 4 is 17.5 Å². The molecule has 0 atom stereocenters. The van der Waals surface area contributed by atoms with E-state index < -0.39 is 0 Å². The van der Waals surface area contributed by atoms with Crippen molar-refractivity contribution in [1.82, 2.24) is 5.32 Å². The Morgan fingerprint density at radius 2 is 2.00 bits per heavy atom. The Labute approximate surface area is 123 Å². The van der Waals surface area contributed by atoms with Crippen molar-refractivity contribution in [3.8, 4) is 5.75 Å². The van der Waals surface area contributed by atoms with Crippen LogP contribution in [0.15, 0.2) is 48.5 Å². The number of hydrogen-bond donors (Lipinski definition) is 1. The number of hydrogen-bond acceptors (Lipinski definition) is 2. The number of nitrogens with one attached hydrogen (secondary N) is 1. The SMILES string of the molecule is COc1cccc(CCNC(=O)c2ccccc2Cl)c1. The Bertz CT molecular complexity index is 599. The lowest BCUT2D eigenvalue weighted by Crippen LogP contribution is -2.25. The Morgan fingerprint density at radius 3 is 2.75 bits per heavy atom. The van der Waals surface area contributed by atoms with Gasteiger partial charge in [-0.3, -0.25) is 4.79 Å². The third-order valence-corrected chi connectivity index (χ3v) is 3.28. The maximum atomic E-state index is 12.0. The molecule has 0 aliphatic carbocycles. The minimum atomic E-state index is -0.154. The molecule has 2 aromatic rings. The number of carbonyl (C=O) groups is 1. The fourth-order valence-corrected chi connectivity index (χ4v) is 2.11. The minimum absolute atomic E-state index is 0.154. The molecule has 0 spiro atoms. The van der Waals surface area contributed by atoms with E-state index in [0.29, 0.717) is 17.1 Å². The normalized spacial score (nSPS) is 10.1. The van der Waals surface area contributed by atoms with Crippen LogP contribution >= 0.6 is 11.6 Å². The summed E-state index contributed by atoms with van der Waals surface area (Å²) in [5.41, 5.74) is 1.61. The van der Waals surface area contributed by atoms with Crippen molar-refractivity contribution in [3.05, 3.63) is 64.7 Å². The Morgan fingerprint density at radius 1 is 1.20 bits per heavy atom. The van der Waals surface area contributed by atoms with E-state index in [4.69, 9.17) is 16.3 Å². The van der Waals surface area contributed by atoms with Crippen LogP contribution in [0.5, 0.6) is 5.75 Å². The van der Waals surface area contributed by atoms with E-state index in [2.05, 4.69) is 5.32 Å². The zero-order valence-corrected chi connectivity index (χ0v) is 12.0. The second-order valence-corrected chi connectivity index (χ2v) is 4.74. The first-order chi connectivity index (χ1) is 9.70. The largest absolute Gasteiger partial charge is 0.497 e. The fourth-order valence-electron chi connectivity index (χ4n) is 1.89. The first-order valence-electron chi connectivity index (χ1n) is 6.36. The topological polar surface area (TPSA) is 38.3 Å². The number of amides is 1. The lowest BCUT2D eigenvalue weighted by molar-refractivity contribution is 0.0954. The van der Waals surface area contributed by atoms with E-state index in [1.807, 2.05) is 24.3 Å². The predicted octanol–water partition coefficient (Wildman–Crippen LogP) is 3.32. The van der Waals surface area contributed by atoms with Gasteiger partial charge in [0.25, 0.3) is 5.91 Å². The van der Waals surface area contributed by atoms with E-state index >= 15 is 0 Å². The molecule has 0 saturated carbocycles. The zero-order chi connectivity index (χ0) is 14.4. The van der Waals surface area contributed by atoms with Crippen LogP contribution < -0.4 is 10.1 Å². The van der Waals surface area contributed by atoms with Gasteiger partial charge in [0.2, 0.25) is 0 Å². The summed E-state index contributed by atoms with van der Waals surface area (Å²) in [6.45, 7) is 0.553. The standard InChI is InChI=1S/C16H16ClNO2/c1-20-13-6-4-5-12(11-13)9-10-18-16(19)14-7-2-3-8-15(14)17/h2-8,11H,9-10H2,1H3,(H,18,19). The van der Waals surface area contributed by atoms with Gasteiger partial charge in [-0.05, 0) is 36.2 Å². The van der Waals surface area contributed by atoms with Gasteiger partial charge in [-0.1, -0.05) is 35.9 Å². The van der Waals surface area contributed by atoms with Crippen LogP contribution in [0.1, 0.15) is 15.9 Å². The van der Waals surface area contributed by atoms with Gasteiger partial charge in [0, 0.05) is 6.54 Å². The molecule has 4 heteroatoms. The first kappa shape index (κ1) is 14.4. The Balaban J connectivity index is 1.89. The van der Waals surface area contributed by atoms with Crippen LogP contribution in [0, 0.1) is 0 Å². The van der Waals surface area contributed by atoms with Gasteiger partial charge in [0.1, 0.15) is 5.75 Å². The molecule has 2 rings (SSSR count). The van der Waals surface area contributed by atoms with Crippen LogP contribution in [0.3, 0.4) is 0 Å². The summed E-state index contributed by atoms with van der Waals surface area (Å²) in [6.07, 6.45) is 0.743. The molecule has 1 amide bonds. The van der Waals surface area contributed by atoms with E-state index in [1.54, 1.807) is 31.4 Å².